The molecule has 1 aliphatic carbocycles. The second kappa shape index (κ2) is 5.94. The highest BCUT2D eigenvalue weighted by molar-refractivity contribution is 9.10. The number of nitrogens with two attached hydrogens (primary N) is 1. The van der Waals surface area contributed by atoms with E-state index in [-0.39, 0.29) is 0 Å². The summed E-state index contributed by atoms with van der Waals surface area (Å²) in [5, 5.41) is 0. The molecule has 0 bridgehead atoms. The van der Waals surface area contributed by atoms with Crippen LogP contribution in [0.4, 0.5) is 0 Å². The van der Waals surface area contributed by atoms with Crippen LogP contribution in [0.1, 0.15) is 43.2 Å². The largest absolute Gasteiger partial charge is 0.326 e. The summed E-state index contributed by atoms with van der Waals surface area (Å²) in [5.41, 5.74) is 8.30. The van der Waals surface area contributed by atoms with Gasteiger partial charge in [-0.3, -0.25) is 4.90 Å². The summed E-state index contributed by atoms with van der Waals surface area (Å²) >= 11 is 3.70. The predicted molar refractivity (Wildman–Crippen MR) is 82.8 cm³/mol. The number of hydrogen-bond donors (Lipinski definition) is 1. The van der Waals surface area contributed by atoms with Gasteiger partial charge in [-0.15, -0.1) is 0 Å². The summed E-state index contributed by atoms with van der Waals surface area (Å²) < 4.78 is 1.22. The molecule has 1 aromatic carbocycles. The fourth-order valence-electron chi connectivity index (χ4n) is 3.76. The molecule has 3 rings (SSSR count). The van der Waals surface area contributed by atoms with E-state index in [4.69, 9.17) is 5.73 Å². The Hall–Kier alpha value is -0.380. The van der Waals surface area contributed by atoms with E-state index in [2.05, 4.69) is 39.0 Å². The third kappa shape index (κ3) is 2.88. The lowest BCUT2D eigenvalue weighted by Gasteiger charge is -2.32. The van der Waals surface area contributed by atoms with E-state index in [9.17, 15) is 0 Å². The molecule has 19 heavy (non-hydrogen) atoms. The van der Waals surface area contributed by atoms with Gasteiger partial charge in [-0.25, -0.2) is 0 Å². The molecule has 1 aromatic rings. The zero-order valence-corrected chi connectivity index (χ0v) is 13.0. The Morgan fingerprint density at radius 3 is 2.84 bits per heavy atom. The Labute approximate surface area is 124 Å². The van der Waals surface area contributed by atoms with Crippen molar-refractivity contribution in [3.63, 3.8) is 0 Å². The van der Waals surface area contributed by atoms with Gasteiger partial charge in [0.15, 0.2) is 0 Å². The van der Waals surface area contributed by atoms with Gasteiger partial charge in [0.05, 0.1) is 0 Å². The molecule has 2 N–H and O–H groups in total. The molecule has 0 radical (unpaired) electrons. The molecule has 1 saturated heterocycles. The summed E-state index contributed by atoms with van der Waals surface area (Å²) in [6.45, 7) is 2.99. The summed E-state index contributed by atoms with van der Waals surface area (Å²) in [7, 11) is 0. The van der Waals surface area contributed by atoms with Gasteiger partial charge in [0.1, 0.15) is 0 Å². The van der Waals surface area contributed by atoms with Gasteiger partial charge >= 0.3 is 0 Å². The molecule has 2 aliphatic rings. The Morgan fingerprint density at radius 1 is 1.21 bits per heavy atom. The van der Waals surface area contributed by atoms with E-state index >= 15 is 0 Å². The lowest BCUT2D eigenvalue weighted by molar-refractivity contribution is 0.175. The topological polar surface area (TPSA) is 29.3 Å². The number of halogens is 1. The number of benzene rings is 1. The highest BCUT2D eigenvalue weighted by Gasteiger charge is 2.35. The Morgan fingerprint density at radius 2 is 2.05 bits per heavy atom. The first-order valence-electron chi connectivity index (χ1n) is 7.49. The lowest BCUT2D eigenvalue weighted by Crippen LogP contribution is -2.34. The smallest absolute Gasteiger partial charge is 0.0247 e. The van der Waals surface area contributed by atoms with Crippen molar-refractivity contribution in [1.82, 2.24) is 4.90 Å². The molecule has 0 aromatic heterocycles. The molecule has 0 amide bonds. The second-order valence-electron chi connectivity index (χ2n) is 6.00. The van der Waals surface area contributed by atoms with Gasteiger partial charge in [0.25, 0.3) is 0 Å². The highest BCUT2D eigenvalue weighted by Crippen LogP contribution is 2.37. The van der Waals surface area contributed by atoms with Crippen LogP contribution in [-0.2, 0) is 13.1 Å². The van der Waals surface area contributed by atoms with Crippen LogP contribution in [-0.4, -0.2) is 17.5 Å². The van der Waals surface area contributed by atoms with Crippen LogP contribution in [0.3, 0.4) is 0 Å². The van der Waals surface area contributed by atoms with E-state index < -0.39 is 0 Å². The van der Waals surface area contributed by atoms with Crippen LogP contribution in [0, 0.1) is 5.92 Å². The van der Waals surface area contributed by atoms with E-state index in [0.717, 1.165) is 18.5 Å². The average molecular weight is 323 g/mol. The number of rotatable bonds is 3. The molecular formula is C16H23BrN2. The minimum Gasteiger partial charge on any atom is -0.326 e. The van der Waals surface area contributed by atoms with E-state index in [1.165, 1.54) is 54.2 Å². The Kier molecular flexibility index (Phi) is 4.25. The molecule has 1 aliphatic heterocycles. The van der Waals surface area contributed by atoms with Crippen LogP contribution in [0.25, 0.3) is 0 Å². The molecule has 2 atom stereocenters. The third-order valence-corrected chi connectivity index (χ3v) is 5.59. The van der Waals surface area contributed by atoms with Gasteiger partial charge in [-0.1, -0.05) is 40.9 Å². The van der Waals surface area contributed by atoms with E-state index in [1.54, 1.807) is 0 Å². The SMILES string of the molecule is NCc1ccc(CN2CCC3CCCCC32)c(Br)c1. The number of hydrogen-bond acceptors (Lipinski definition) is 2. The molecule has 2 fully saturated rings. The molecule has 0 spiro atoms. The first-order valence-corrected chi connectivity index (χ1v) is 8.28. The van der Waals surface area contributed by atoms with Gasteiger partial charge in [0.2, 0.25) is 0 Å². The highest BCUT2D eigenvalue weighted by atomic mass is 79.9. The molecule has 2 unspecified atom stereocenters. The second-order valence-corrected chi connectivity index (χ2v) is 6.86. The summed E-state index contributed by atoms with van der Waals surface area (Å²) in [6, 6.07) is 7.41. The van der Waals surface area contributed by atoms with E-state index in [1.807, 2.05) is 0 Å². The molecule has 1 saturated carbocycles. The van der Waals surface area contributed by atoms with Crippen molar-refractivity contribution in [2.24, 2.45) is 11.7 Å². The fourth-order valence-corrected chi connectivity index (χ4v) is 4.32. The van der Waals surface area contributed by atoms with Crippen molar-refractivity contribution < 1.29 is 0 Å². The summed E-state index contributed by atoms with van der Waals surface area (Å²) in [6.07, 6.45) is 7.13. The van der Waals surface area contributed by atoms with Crippen molar-refractivity contribution in [2.75, 3.05) is 6.54 Å². The maximum Gasteiger partial charge on any atom is 0.0247 e. The zero-order chi connectivity index (χ0) is 13.2. The molecule has 1 heterocycles. The summed E-state index contributed by atoms with van der Waals surface area (Å²) in [5.74, 6) is 0.968. The maximum absolute atomic E-state index is 5.69. The monoisotopic (exact) mass is 322 g/mol. The van der Waals surface area contributed by atoms with Crippen molar-refractivity contribution in [1.29, 1.82) is 0 Å². The molecule has 2 nitrogen and oxygen atoms in total. The number of likely N-dealkylation sites (tertiary alicyclic amines) is 1. The molecule has 104 valence electrons. The van der Waals surface area contributed by atoms with Crippen LogP contribution >= 0.6 is 15.9 Å². The van der Waals surface area contributed by atoms with Crippen LogP contribution < -0.4 is 5.73 Å². The Bertz CT molecular complexity index is 446. The minimum absolute atomic E-state index is 0.618. The van der Waals surface area contributed by atoms with Gasteiger partial charge in [-0.2, -0.15) is 0 Å². The van der Waals surface area contributed by atoms with Gasteiger partial charge in [0, 0.05) is 23.6 Å². The number of fused-ring (bicyclic) bond motifs is 1. The van der Waals surface area contributed by atoms with Crippen LogP contribution in [0.5, 0.6) is 0 Å². The van der Waals surface area contributed by atoms with Crippen molar-refractivity contribution in [3.05, 3.63) is 33.8 Å². The van der Waals surface area contributed by atoms with Gasteiger partial charge in [-0.05, 0) is 48.9 Å². The zero-order valence-electron chi connectivity index (χ0n) is 11.4. The quantitative estimate of drug-likeness (QED) is 0.919. The van der Waals surface area contributed by atoms with Crippen molar-refractivity contribution in [3.8, 4) is 0 Å². The minimum atomic E-state index is 0.618. The third-order valence-electron chi connectivity index (χ3n) is 4.85. The van der Waals surface area contributed by atoms with Crippen molar-refractivity contribution in [2.45, 2.75) is 51.2 Å². The van der Waals surface area contributed by atoms with Crippen LogP contribution in [0.15, 0.2) is 22.7 Å². The predicted octanol–water partition coefficient (Wildman–Crippen LogP) is 3.67. The average Bonchev–Trinajstić information content (AvgIpc) is 2.84. The first-order chi connectivity index (χ1) is 9.28. The van der Waals surface area contributed by atoms with Gasteiger partial charge < -0.3 is 5.73 Å². The fraction of sp³-hybridized carbons (Fsp3) is 0.625. The Balaban J connectivity index is 1.71. The van der Waals surface area contributed by atoms with E-state index in [0.29, 0.717) is 6.54 Å². The van der Waals surface area contributed by atoms with Crippen molar-refractivity contribution >= 4 is 15.9 Å². The maximum atomic E-state index is 5.69. The lowest BCUT2D eigenvalue weighted by atomic mass is 9.85. The first kappa shape index (κ1) is 13.6. The van der Waals surface area contributed by atoms with Crippen LogP contribution in [0.2, 0.25) is 0 Å². The number of nitrogens with zero attached hydrogens (tertiary/aromatic N) is 1. The standard InChI is InChI=1S/C16H23BrN2/c17-15-9-12(10-18)5-6-14(15)11-19-8-7-13-3-1-2-4-16(13)19/h5-6,9,13,16H,1-4,7-8,10-11,18H2. The normalized spacial score (nSPS) is 27.5. The molecular weight excluding hydrogens is 300 g/mol. The summed E-state index contributed by atoms with van der Waals surface area (Å²) in [4.78, 5) is 2.70. The molecule has 3 heteroatoms.